The van der Waals surface area contributed by atoms with Gasteiger partial charge in [-0.15, -0.1) is 0 Å². The van der Waals surface area contributed by atoms with Crippen LogP contribution in [0.3, 0.4) is 0 Å². The number of anilines is 1. The highest BCUT2D eigenvalue weighted by Gasteiger charge is 2.30. The molecule has 1 fully saturated rings. The van der Waals surface area contributed by atoms with Crippen molar-refractivity contribution in [3.05, 3.63) is 9.98 Å². The minimum Gasteiger partial charge on any atom is -0.347 e. The first-order valence-electron chi connectivity index (χ1n) is 4.53. The number of aromatic nitrogens is 1. The Bertz CT molecular complexity index is 292. The Labute approximate surface area is 91.1 Å². The molecule has 1 aliphatic rings. The normalized spacial score (nSPS) is 18.0. The molecule has 0 atom stereocenters. The summed E-state index contributed by atoms with van der Waals surface area (Å²) in [6, 6.07) is 0. The van der Waals surface area contributed by atoms with Gasteiger partial charge in [0.2, 0.25) is 0 Å². The van der Waals surface area contributed by atoms with E-state index < -0.39 is 0 Å². The Morgan fingerprint density at radius 2 is 2.31 bits per heavy atom. The highest BCUT2D eigenvalue weighted by molar-refractivity contribution is 9.11. The fraction of sp³-hybridized carbons (Fsp3) is 0.667. The first kappa shape index (κ1) is 9.46. The second-order valence-electron chi connectivity index (χ2n) is 3.86. The summed E-state index contributed by atoms with van der Waals surface area (Å²) in [5, 5.41) is 1.16. The fourth-order valence-electron chi connectivity index (χ4n) is 1.48. The molecule has 0 aromatic carbocycles. The van der Waals surface area contributed by atoms with E-state index in [9.17, 15) is 0 Å². The number of thiazole rings is 1. The molecular formula is C9H13BrN2S. The molecule has 2 nitrogen and oxygen atoms in total. The average Bonchev–Trinajstić information content (AvgIpc) is 2.31. The van der Waals surface area contributed by atoms with Gasteiger partial charge >= 0.3 is 0 Å². The maximum atomic E-state index is 4.33. The SMILES string of the molecule is CC(C)C1CN(c2ncc(Br)s2)C1. The molecule has 0 spiro atoms. The third-order valence-corrected chi connectivity index (χ3v) is 4.13. The first-order valence-corrected chi connectivity index (χ1v) is 6.14. The third kappa shape index (κ3) is 1.89. The average molecular weight is 261 g/mol. The predicted octanol–water partition coefficient (Wildman–Crippen LogP) is 3.00. The quantitative estimate of drug-likeness (QED) is 0.813. The molecule has 2 rings (SSSR count). The second-order valence-corrected chi connectivity index (χ2v) is 6.24. The molecule has 1 saturated heterocycles. The minimum atomic E-state index is 0.805. The third-order valence-electron chi connectivity index (χ3n) is 2.59. The molecule has 2 heterocycles. The smallest absolute Gasteiger partial charge is 0.186 e. The Morgan fingerprint density at radius 1 is 1.62 bits per heavy atom. The maximum absolute atomic E-state index is 4.33. The van der Waals surface area contributed by atoms with Crippen molar-refractivity contribution >= 4 is 32.4 Å². The van der Waals surface area contributed by atoms with Gasteiger partial charge in [0.15, 0.2) is 5.13 Å². The molecule has 0 bridgehead atoms. The summed E-state index contributed by atoms with van der Waals surface area (Å²) < 4.78 is 1.12. The number of nitrogens with zero attached hydrogens (tertiary/aromatic N) is 2. The summed E-state index contributed by atoms with van der Waals surface area (Å²) in [6.07, 6.45) is 1.88. The van der Waals surface area contributed by atoms with Crippen LogP contribution in [-0.2, 0) is 0 Å². The van der Waals surface area contributed by atoms with Crippen molar-refractivity contribution in [2.45, 2.75) is 13.8 Å². The first-order chi connectivity index (χ1) is 6.16. The van der Waals surface area contributed by atoms with Gasteiger partial charge in [-0.25, -0.2) is 4.98 Å². The van der Waals surface area contributed by atoms with Gasteiger partial charge in [0, 0.05) is 13.1 Å². The molecule has 0 saturated carbocycles. The summed E-state index contributed by atoms with van der Waals surface area (Å²) in [7, 11) is 0. The summed E-state index contributed by atoms with van der Waals surface area (Å²) >= 11 is 5.14. The molecule has 1 aromatic rings. The van der Waals surface area contributed by atoms with Crippen molar-refractivity contribution in [2.24, 2.45) is 11.8 Å². The molecule has 72 valence electrons. The molecule has 0 aliphatic carbocycles. The van der Waals surface area contributed by atoms with E-state index in [0.29, 0.717) is 0 Å². The topological polar surface area (TPSA) is 16.1 Å². The van der Waals surface area contributed by atoms with Crippen LogP contribution in [0.2, 0.25) is 0 Å². The van der Waals surface area contributed by atoms with Crippen LogP contribution in [0.25, 0.3) is 0 Å². The Balaban J connectivity index is 1.93. The molecule has 0 amide bonds. The predicted molar refractivity (Wildman–Crippen MR) is 60.4 cm³/mol. The maximum Gasteiger partial charge on any atom is 0.186 e. The Morgan fingerprint density at radius 3 is 2.77 bits per heavy atom. The fourth-order valence-corrected chi connectivity index (χ4v) is 2.68. The van der Waals surface area contributed by atoms with Crippen molar-refractivity contribution in [1.29, 1.82) is 0 Å². The lowest BCUT2D eigenvalue weighted by atomic mass is 9.89. The van der Waals surface area contributed by atoms with E-state index in [2.05, 4.69) is 39.7 Å². The lowest BCUT2D eigenvalue weighted by molar-refractivity contribution is 0.309. The van der Waals surface area contributed by atoms with E-state index in [4.69, 9.17) is 0 Å². The summed E-state index contributed by atoms with van der Waals surface area (Å²) in [5.74, 6) is 1.67. The minimum absolute atomic E-state index is 0.805. The number of halogens is 1. The zero-order valence-corrected chi connectivity index (χ0v) is 10.2. The van der Waals surface area contributed by atoms with Crippen LogP contribution in [0.5, 0.6) is 0 Å². The molecule has 13 heavy (non-hydrogen) atoms. The standard InChI is InChI=1S/C9H13BrN2S/c1-6(2)7-4-12(5-7)9-11-3-8(10)13-9/h3,6-7H,4-5H2,1-2H3. The number of rotatable bonds is 2. The monoisotopic (exact) mass is 260 g/mol. The summed E-state index contributed by atoms with van der Waals surface area (Å²) in [6.45, 7) is 6.94. The molecule has 1 aromatic heterocycles. The highest BCUT2D eigenvalue weighted by Crippen LogP contribution is 2.33. The second kappa shape index (κ2) is 3.58. The summed E-state index contributed by atoms with van der Waals surface area (Å²) in [4.78, 5) is 6.68. The van der Waals surface area contributed by atoms with Crippen molar-refractivity contribution in [2.75, 3.05) is 18.0 Å². The van der Waals surface area contributed by atoms with Crippen molar-refractivity contribution < 1.29 is 0 Å². The van der Waals surface area contributed by atoms with Gasteiger partial charge in [0.25, 0.3) is 0 Å². The van der Waals surface area contributed by atoms with Crippen LogP contribution in [0.15, 0.2) is 9.98 Å². The molecule has 1 aliphatic heterocycles. The van der Waals surface area contributed by atoms with Gasteiger partial charge < -0.3 is 4.90 Å². The zero-order valence-electron chi connectivity index (χ0n) is 7.83. The molecule has 0 unspecified atom stereocenters. The van der Waals surface area contributed by atoms with Crippen LogP contribution >= 0.6 is 27.3 Å². The Kier molecular flexibility index (Phi) is 2.60. The van der Waals surface area contributed by atoms with E-state index in [0.717, 1.165) is 20.8 Å². The van der Waals surface area contributed by atoms with Crippen LogP contribution in [0, 0.1) is 11.8 Å². The van der Waals surface area contributed by atoms with Gasteiger partial charge in [0.1, 0.15) is 0 Å². The number of hydrogen-bond acceptors (Lipinski definition) is 3. The summed E-state index contributed by atoms with van der Waals surface area (Å²) in [5.41, 5.74) is 0. The van der Waals surface area contributed by atoms with Gasteiger partial charge in [0.05, 0.1) is 9.98 Å². The van der Waals surface area contributed by atoms with Crippen LogP contribution in [0.1, 0.15) is 13.8 Å². The van der Waals surface area contributed by atoms with Gasteiger partial charge in [-0.2, -0.15) is 0 Å². The van der Waals surface area contributed by atoms with Crippen LogP contribution in [-0.4, -0.2) is 18.1 Å². The van der Waals surface area contributed by atoms with E-state index in [1.807, 2.05) is 6.20 Å². The van der Waals surface area contributed by atoms with Crippen LogP contribution in [0.4, 0.5) is 5.13 Å². The van der Waals surface area contributed by atoms with Gasteiger partial charge in [-0.3, -0.25) is 0 Å². The van der Waals surface area contributed by atoms with Crippen molar-refractivity contribution in [1.82, 2.24) is 4.98 Å². The Hall–Kier alpha value is -0.0900. The highest BCUT2D eigenvalue weighted by atomic mass is 79.9. The molecule has 4 heteroatoms. The van der Waals surface area contributed by atoms with E-state index in [1.54, 1.807) is 11.3 Å². The number of hydrogen-bond donors (Lipinski definition) is 0. The lowest BCUT2D eigenvalue weighted by Gasteiger charge is -2.41. The largest absolute Gasteiger partial charge is 0.347 e. The molecule has 0 N–H and O–H groups in total. The molecular weight excluding hydrogens is 248 g/mol. The van der Waals surface area contributed by atoms with E-state index in [-0.39, 0.29) is 0 Å². The zero-order chi connectivity index (χ0) is 9.42. The van der Waals surface area contributed by atoms with Crippen LogP contribution < -0.4 is 4.90 Å². The van der Waals surface area contributed by atoms with Gasteiger partial charge in [-0.1, -0.05) is 25.2 Å². The molecule has 0 radical (unpaired) electrons. The lowest BCUT2D eigenvalue weighted by Crippen LogP contribution is -2.49. The van der Waals surface area contributed by atoms with E-state index in [1.165, 1.54) is 13.1 Å². The van der Waals surface area contributed by atoms with E-state index >= 15 is 0 Å². The van der Waals surface area contributed by atoms with Crippen molar-refractivity contribution in [3.8, 4) is 0 Å². The van der Waals surface area contributed by atoms with Crippen molar-refractivity contribution in [3.63, 3.8) is 0 Å². The van der Waals surface area contributed by atoms with Gasteiger partial charge in [-0.05, 0) is 27.8 Å².